The van der Waals surface area contributed by atoms with Crippen LogP contribution in [-0.2, 0) is 4.79 Å². The smallest absolute Gasteiger partial charge is 0.319 e. The minimum atomic E-state index is -0.0241. The second-order valence-corrected chi connectivity index (χ2v) is 5.02. The van der Waals surface area contributed by atoms with Crippen molar-refractivity contribution in [3.8, 4) is 11.9 Å². The summed E-state index contributed by atoms with van der Waals surface area (Å²) >= 11 is 0. The molecular formula is C14H21N3O3. The molecule has 0 saturated heterocycles. The van der Waals surface area contributed by atoms with Crippen LogP contribution >= 0.6 is 0 Å². The van der Waals surface area contributed by atoms with Crippen molar-refractivity contribution in [2.45, 2.75) is 38.5 Å². The number of methoxy groups -OCH3 is 2. The van der Waals surface area contributed by atoms with Crippen LogP contribution in [0, 0.1) is 5.92 Å². The molecule has 1 aromatic heterocycles. The fourth-order valence-electron chi connectivity index (χ4n) is 2.54. The molecule has 1 N–H and O–H groups in total. The Morgan fingerprint density at radius 3 is 2.75 bits per heavy atom. The lowest BCUT2D eigenvalue weighted by atomic mass is 10.0. The molecule has 2 rings (SSSR count). The van der Waals surface area contributed by atoms with Crippen LogP contribution < -0.4 is 14.8 Å². The number of anilines is 1. The summed E-state index contributed by atoms with van der Waals surface area (Å²) in [6.07, 6.45) is 8.08. The Morgan fingerprint density at radius 1 is 1.35 bits per heavy atom. The summed E-state index contributed by atoms with van der Waals surface area (Å²) in [6.45, 7) is 0. The van der Waals surface area contributed by atoms with Gasteiger partial charge in [-0.3, -0.25) is 4.79 Å². The number of nitrogens with zero attached hydrogens (tertiary/aromatic N) is 2. The van der Waals surface area contributed by atoms with E-state index in [0.29, 0.717) is 23.9 Å². The Labute approximate surface area is 118 Å². The van der Waals surface area contributed by atoms with Gasteiger partial charge >= 0.3 is 6.01 Å². The number of carbonyl (C=O) groups excluding carboxylic acids is 1. The highest BCUT2D eigenvalue weighted by atomic mass is 16.5. The van der Waals surface area contributed by atoms with Crippen LogP contribution in [0.4, 0.5) is 5.69 Å². The van der Waals surface area contributed by atoms with Crippen molar-refractivity contribution in [1.29, 1.82) is 0 Å². The molecule has 110 valence electrons. The van der Waals surface area contributed by atoms with E-state index in [0.717, 1.165) is 6.42 Å². The van der Waals surface area contributed by atoms with E-state index in [-0.39, 0.29) is 11.9 Å². The zero-order valence-electron chi connectivity index (χ0n) is 12.0. The van der Waals surface area contributed by atoms with E-state index in [1.807, 2.05) is 0 Å². The predicted octanol–water partition coefficient (Wildman–Crippen LogP) is 2.40. The van der Waals surface area contributed by atoms with E-state index in [1.54, 1.807) is 0 Å². The van der Waals surface area contributed by atoms with Gasteiger partial charge in [-0.25, -0.2) is 4.98 Å². The fourth-order valence-corrected chi connectivity index (χ4v) is 2.54. The van der Waals surface area contributed by atoms with Gasteiger partial charge in [0.05, 0.1) is 20.4 Å². The van der Waals surface area contributed by atoms with E-state index in [9.17, 15) is 4.79 Å². The number of hydrogen-bond acceptors (Lipinski definition) is 5. The van der Waals surface area contributed by atoms with Crippen molar-refractivity contribution in [3.63, 3.8) is 0 Å². The van der Waals surface area contributed by atoms with Crippen LogP contribution in [0.5, 0.6) is 11.9 Å². The summed E-state index contributed by atoms with van der Waals surface area (Å²) < 4.78 is 10.0. The highest BCUT2D eigenvalue weighted by molar-refractivity contribution is 5.91. The van der Waals surface area contributed by atoms with E-state index in [2.05, 4.69) is 15.3 Å². The van der Waals surface area contributed by atoms with Gasteiger partial charge in [-0.2, -0.15) is 4.98 Å². The average Bonchev–Trinajstić information content (AvgIpc) is 2.99. The van der Waals surface area contributed by atoms with E-state index < -0.39 is 0 Å². The van der Waals surface area contributed by atoms with Gasteiger partial charge < -0.3 is 14.8 Å². The van der Waals surface area contributed by atoms with Crippen LogP contribution in [0.25, 0.3) is 0 Å². The normalized spacial score (nSPS) is 15.1. The standard InChI is InChI=1S/C14H21N3O3/c1-19-13-11(9-15-14(17-13)20-2)16-12(18)8-7-10-5-3-4-6-10/h9-10H,3-8H2,1-2H3,(H,16,18). The second-order valence-electron chi connectivity index (χ2n) is 5.02. The SMILES string of the molecule is COc1ncc(NC(=O)CCC2CCCC2)c(OC)n1. The summed E-state index contributed by atoms with van der Waals surface area (Å²) in [7, 11) is 2.98. The summed E-state index contributed by atoms with van der Waals surface area (Å²) in [5.74, 6) is 0.991. The molecule has 0 unspecified atom stereocenters. The number of amides is 1. The van der Waals surface area contributed by atoms with Crippen molar-refractivity contribution >= 4 is 11.6 Å². The largest absolute Gasteiger partial charge is 0.479 e. The van der Waals surface area contributed by atoms with E-state index in [1.165, 1.54) is 46.1 Å². The summed E-state index contributed by atoms with van der Waals surface area (Å²) in [6, 6.07) is 0.214. The number of ether oxygens (including phenoxy) is 2. The summed E-state index contributed by atoms with van der Waals surface area (Å²) in [5.41, 5.74) is 0.477. The van der Waals surface area contributed by atoms with Crippen molar-refractivity contribution in [1.82, 2.24) is 9.97 Å². The second kappa shape index (κ2) is 7.07. The van der Waals surface area contributed by atoms with Crippen LogP contribution in [-0.4, -0.2) is 30.1 Å². The Kier molecular flexibility index (Phi) is 5.15. The monoisotopic (exact) mass is 279 g/mol. The lowest BCUT2D eigenvalue weighted by Crippen LogP contribution is -2.14. The van der Waals surface area contributed by atoms with Gasteiger partial charge in [0.1, 0.15) is 5.69 Å². The number of carbonyl (C=O) groups is 1. The van der Waals surface area contributed by atoms with Crippen molar-refractivity contribution < 1.29 is 14.3 Å². The third kappa shape index (κ3) is 3.82. The van der Waals surface area contributed by atoms with Gasteiger partial charge in [0, 0.05) is 6.42 Å². The van der Waals surface area contributed by atoms with Crippen LogP contribution in [0.3, 0.4) is 0 Å². The fraction of sp³-hybridized carbons (Fsp3) is 0.643. The van der Waals surface area contributed by atoms with Crippen LogP contribution in [0.15, 0.2) is 6.20 Å². The van der Waals surface area contributed by atoms with Gasteiger partial charge in [-0.1, -0.05) is 25.7 Å². The molecule has 6 heteroatoms. The van der Waals surface area contributed by atoms with Gasteiger partial charge in [0.2, 0.25) is 11.8 Å². The van der Waals surface area contributed by atoms with Crippen molar-refractivity contribution in [2.75, 3.05) is 19.5 Å². The maximum absolute atomic E-state index is 11.9. The molecule has 20 heavy (non-hydrogen) atoms. The summed E-state index contributed by atoms with van der Waals surface area (Å²) in [4.78, 5) is 19.9. The minimum Gasteiger partial charge on any atom is -0.479 e. The Bertz CT molecular complexity index is 459. The van der Waals surface area contributed by atoms with E-state index in [4.69, 9.17) is 9.47 Å². The molecule has 1 fully saturated rings. The Balaban J connectivity index is 1.89. The molecule has 0 aliphatic heterocycles. The molecule has 1 amide bonds. The van der Waals surface area contributed by atoms with Gasteiger partial charge in [-0.05, 0) is 12.3 Å². The number of nitrogens with one attached hydrogen (secondary N) is 1. The number of aromatic nitrogens is 2. The highest BCUT2D eigenvalue weighted by Gasteiger charge is 2.17. The molecule has 6 nitrogen and oxygen atoms in total. The first-order chi connectivity index (χ1) is 9.72. The lowest BCUT2D eigenvalue weighted by Gasteiger charge is -2.11. The molecule has 1 saturated carbocycles. The topological polar surface area (TPSA) is 73.3 Å². The van der Waals surface area contributed by atoms with Crippen LogP contribution in [0.1, 0.15) is 38.5 Å². The first-order valence-electron chi connectivity index (χ1n) is 6.97. The Morgan fingerprint density at radius 2 is 2.10 bits per heavy atom. The Hall–Kier alpha value is -1.85. The molecule has 1 aliphatic rings. The molecule has 0 spiro atoms. The first kappa shape index (κ1) is 14.6. The molecule has 0 atom stereocenters. The quantitative estimate of drug-likeness (QED) is 0.865. The van der Waals surface area contributed by atoms with Crippen molar-refractivity contribution in [3.05, 3.63) is 6.20 Å². The van der Waals surface area contributed by atoms with Gasteiger partial charge in [-0.15, -0.1) is 0 Å². The zero-order valence-corrected chi connectivity index (χ0v) is 12.0. The zero-order chi connectivity index (χ0) is 14.4. The molecule has 1 aliphatic carbocycles. The predicted molar refractivity (Wildman–Crippen MR) is 75.0 cm³/mol. The molecule has 0 aromatic carbocycles. The highest BCUT2D eigenvalue weighted by Crippen LogP contribution is 2.29. The molecular weight excluding hydrogens is 258 g/mol. The van der Waals surface area contributed by atoms with Gasteiger partial charge in [0.15, 0.2) is 0 Å². The third-order valence-electron chi connectivity index (χ3n) is 3.64. The number of hydrogen-bond donors (Lipinski definition) is 1. The maximum atomic E-state index is 11.9. The van der Waals surface area contributed by atoms with E-state index >= 15 is 0 Å². The minimum absolute atomic E-state index is 0.0241. The average molecular weight is 279 g/mol. The van der Waals surface area contributed by atoms with Gasteiger partial charge in [0.25, 0.3) is 0 Å². The summed E-state index contributed by atoms with van der Waals surface area (Å²) in [5, 5.41) is 2.79. The first-order valence-corrected chi connectivity index (χ1v) is 6.97. The maximum Gasteiger partial charge on any atom is 0.319 e. The van der Waals surface area contributed by atoms with Crippen molar-refractivity contribution in [2.24, 2.45) is 5.92 Å². The molecule has 0 radical (unpaired) electrons. The molecule has 0 bridgehead atoms. The third-order valence-corrected chi connectivity index (χ3v) is 3.64. The number of rotatable bonds is 6. The molecule has 1 heterocycles. The van der Waals surface area contributed by atoms with Crippen LogP contribution in [0.2, 0.25) is 0 Å². The lowest BCUT2D eigenvalue weighted by molar-refractivity contribution is -0.116. The molecule has 1 aromatic rings.